The van der Waals surface area contributed by atoms with Gasteiger partial charge in [0.2, 0.25) is 0 Å². The van der Waals surface area contributed by atoms with Gasteiger partial charge in [0.15, 0.2) is 12.2 Å². The van der Waals surface area contributed by atoms with Crippen molar-refractivity contribution in [3.63, 3.8) is 0 Å². The van der Waals surface area contributed by atoms with E-state index in [1.165, 1.54) is 308 Å². The van der Waals surface area contributed by atoms with Crippen LogP contribution in [-0.4, -0.2) is 96.7 Å². The molecule has 0 aliphatic carbocycles. The highest BCUT2D eigenvalue weighted by atomic mass is 31.2. The minimum Gasteiger partial charge on any atom is -0.462 e. The maximum atomic E-state index is 13.2. The van der Waals surface area contributed by atoms with Gasteiger partial charge in [0.25, 0.3) is 0 Å². The topological polar surface area (TPSA) is 237 Å². The van der Waals surface area contributed by atoms with Crippen LogP contribution in [0.25, 0.3) is 0 Å². The Hall–Kier alpha value is -1.94. The number of carbonyl (C=O) groups is 4. The van der Waals surface area contributed by atoms with E-state index in [1.807, 2.05) is 0 Å². The molecule has 19 heteroatoms. The lowest BCUT2D eigenvalue weighted by atomic mass is 10.0. The average molecular weight is 1550 g/mol. The van der Waals surface area contributed by atoms with E-state index in [1.54, 1.807) is 0 Å². The van der Waals surface area contributed by atoms with Gasteiger partial charge in [-0.3, -0.25) is 37.3 Å². The fourth-order valence-corrected chi connectivity index (χ4v) is 15.3. The fraction of sp³-hybridized carbons (Fsp3) is 0.954. The first-order valence-electron chi connectivity index (χ1n) is 45.3. The van der Waals surface area contributed by atoms with Crippen molar-refractivity contribution in [2.24, 2.45) is 0 Å². The maximum absolute atomic E-state index is 13.2. The maximum Gasteiger partial charge on any atom is 0.472 e. The van der Waals surface area contributed by atoms with Crippen molar-refractivity contribution in [1.82, 2.24) is 0 Å². The van der Waals surface area contributed by atoms with E-state index < -0.39 is 97.5 Å². The van der Waals surface area contributed by atoms with Gasteiger partial charge >= 0.3 is 39.5 Å². The standard InChI is InChI=1S/C87H170O17P2/c1-5-9-13-17-21-25-29-33-36-38-39-40-41-42-44-47-50-54-58-62-66-70-74-87(92)104-83(78-98-85(90)72-68-64-60-56-52-48-46-43-37-34-30-26-22-18-14-10-6-2)80-102-106(95,96)100-76-81(88)75-99-105(93,94)101-79-82(77-97-84(89)71-67-63-59-55-51-32-28-24-20-16-12-8-4)103-86(91)73-69-65-61-57-53-49-45-35-31-27-23-19-15-11-7-3/h81-83,88H,5-80H2,1-4H3,(H,93,94)(H,95,96)/t81-,82+,83+/m0/s1. The Balaban J connectivity index is 5.23. The molecule has 0 aliphatic heterocycles. The molecular formula is C87H170O17P2. The largest absolute Gasteiger partial charge is 0.472 e. The summed E-state index contributed by atoms with van der Waals surface area (Å²) in [4.78, 5) is 73.3. The molecule has 0 bridgehead atoms. The number of phosphoric ester groups is 2. The molecule has 0 spiro atoms. The third kappa shape index (κ3) is 80.1. The first-order chi connectivity index (χ1) is 51.7. The van der Waals surface area contributed by atoms with E-state index in [4.69, 9.17) is 37.0 Å². The highest BCUT2D eigenvalue weighted by Crippen LogP contribution is 2.45. The molecule has 5 atom stereocenters. The number of aliphatic hydroxyl groups is 1. The summed E-state index contributed by atoms with van der Waals surface area (Å²) in [7, 11) is -9.93. The molecule has 0 aliphatic rings. The molecule has 17 nitrogen and oxygen atoms in total. The minimum absolute atomic E-state index is 0.109. The highest BCUT2D eigenvalue weighted by Gasteiger charge is 2.30. The summed E-state index contributed by atoms with van der Waals surface area (Å²) in [6.45, 7) is 5.07. The van der Waals surface area contributed by atoms with Gasteiger partial charge in [0.05, 0.1) is 26.4 Å². The van der Waals surface area contributed by atoms with Gasteiger partial charge in [-0.15, -0.1) is 0 Å². The summed E-state index contributed by atoms with van der Waals surface area (Å²) in [6, 6.07) is 0. The lowest BCUT2D eigenvalue weighted by Gasteiger charge is -2.21. The third-order valence-corrected chi connectivity index (χ3v) is 22.5. The average Bonchev–Trinajstić information content (AvgIpc) is 0.903. The van der Waals surface area contributed by atoms with Crippen molar-refractivity contribution in [3.8, 4) is 0 Å². The second kappa shape index (κ2) is 81.1. The number of hydrogen-bond donors (Lipinski definition) is 3. The molecule has 630 valence electrons. The lowest BCUT2D eigenvalue weighted by Crippen LogP contribution is -2.30. The first-order valence-corrected chi connectivity index (χ1v) is 48.3. The Bertz CT molecular complexity index is 2000. The van der Waals surface area contributed by atoms with E-state index in [2.05, 4.69) is 27.7 Å². The number of hydrogen-bond acceptors (Lipinski definition) is 15. The zero-order valence-electron chi connectivity index (χ0n) is 69.4. The summed E-state index contributed by atoms with van der Waals surface area (Å²) >= 11 is 0. The van der Waals surface area contributed by atoms with Crippen molar-refractivity contribution < 1.29 is 80.2 Å². The van der Waals surface area contributed by atoms with Gasteiger partial charge in [-0.1, -0.05) is 426 Å². The Labute approximate surface area is 651 Å². The number of carbonyl (C=O) groups excluding carboxylic acids is 4. The monoisotopic (exact) mass is 1550 g/mol. The Morgan fingerprint density at radius 3 is 0.557 bits per heavy atom. The van der Waals surface area contributed by atoms with E-state index in [-0.39, 0.29) is 25.7 Å². The summed E-state index contributed by atoms with van der Waals surface area (Å²) < 4.78 is 68.9. The van der Waals surface area contributed by atoms with Crippen LogP contribution in [0.5, 0.6) is 0 Å². The summed E-state index contributed by atoms with van der Waals surface area (Å²) in [5.74, 6) is -2.09. The Morgan fingerprint density at radius 2 is 0.377 bits per heavy atom. The highest BCUT2D eigenvalue weighted by molar-refractivity contribution is 7.47. The molecule has 0 amide bonds. The number of aliphatic hydroxyl groups excluding tert-OH is 1. The van der Waals surface area contributed by atoms with Crippen LogP contribution in [0.15, 0.2) is 0 Å². The van der Waals surface area contributed by atoms with Crippen LogP contribution in [-0.2, 0) is 65.4 Å². The van der Waals surface area contributed by atoms with E-state index in [9.17, 15) is 43.2 Å². The third-order valence-electron chi connectivity index (χ3n) is 20.6. The molecule has 0 saturated heterocycles. The molecular weight excluding hydrogens is 1380 g/mol. The first kappa shape index (κ1) is 104. The molecule has 0 saturated carbocycles. The Kier molecular flexibility index (Phi) is 79.6. The molecule has 0 aromatic rings. The van der Waals surface area contributed by atoms with E-state index >= 15 is 0 Å². The smallest absolute Gasteiger partial charge is 0.462 e. The lowest BCUT2D eigenvalue weighted by molar-refractivity contribution is -0.161. The van der Waals surface area contributed by atoms with Crippen molar-refractivity contribution in [2.45, 2.75) is 495 Å². The number of unbranched alkanes of at least 4 members (excludes halogenated alkanes) is 62. The molecule has 0 radical (unpaired) electrons. The predicted octanol–water partition coefficient (Wildman–Crippen LogP) is 26.9. The molecule has 0 aromatic heterocycles. The van der Waals surface area contributed by atoms with Gasteiger partial charge < -0.3 is 33.8 Å². The van der Waals surface area contributed by atoms with Gasteiger partial charge in [-0.25, -0.2) is 9.13 Å². The predicted molar refractivity (Wildman–Crippen MR) is 437 cm³/mol. The molecule has 106 heavy (non-hydrogen) atoms. The number of phosphoric acid groups is 2. The molecule has 0 aromatic carbocycles. The zero-order valence-corrected chi connectivity index (χ0v) is 71.2. The molecule has 3 N–H and O–H groups in total. The van der Waals surface area contributed by atoms with Crippen LogP contribution in [0.2, 0.25) is 0 Å². The van der Waals surface area contributed by atoms with Crippen molar-refractivity contribution in [1.29, 1.82) is 0 Å². The SMILES string of the molecule is CCCCCCCCCCCCCCCCCCCCCCCCC(=O)O[C@H](COC(=O)CCCCCCCCCCCCCCCCCCC)COP(=O)(O)OC[C@@H](O)COP(=O)(O)OC[C@@H](COC(=O)CCCCCCCCCCCCCC)OC(=O)CCCCCCCCCCCCCCCCC. The molecule has 0 heterocycles. The van der Waals surface area contributed by atoms with Crippen LogP contribution in [0.4, 0.5) is 0 Å². The molecule has 2 unspecified atom stereocenters. The van der Waals surface area contributed by atoms with Gasteiger partial charge in [0.1, 0.15) is 19.3 Å². The van der Waals surface area contributed by atoms with Crippen LogP contribution in [0.1, 0.15) is 477 Å². The van der Waals surface area contributed by atoms with Crippen molar-refractivity contribution in [3.05, 3.63) is 0 Å². The fourth-order valence-electron chi connectivity index (χ4n) is 13.7. The van der Waals surface area contributed by atoms with Gasteiger partial charge in [0, 0.05) is 25.7 Å². The van der Waals surface area contributed by atoms with E-state index in [0.29, 0.717) is 25.7 Å². The summed E-state index contributed by atoms with van der Waals surface area (Å²) in [6.07, 6.45) is 76.3. The van der Waals surface area contributed by atoms with Crippen LogP contribution in [0, 0.1) is 0 Å². The zero-order chi connectivity index (χ0) is 77.4. The minimum atomic E-state index is -4.97. The summed E-state index contributed by atoms with van der Waals surface area (Å²) in [5.41, 5.74) is 0. The molecule has 0 rings (SSSR count). The second-order valence-corrected chi connectivity index (χ2v) is 34.2. The molecule has 0 fully saturated rings. The van der Waals surface area contributed by atoms with Crippen LogP contribution in [0.3, 0.4) is 0 Å². The van der Waals surface area contributed by atoms with E-state index in [0.717, 1.165) is 89.9 Å². The number of rotatable bonds is 88. The van der Waals surface area contributed by atoms with Crippen LogP contribution < -0.4 is 0 Å². The number of ether oxygens (including phenoxy) is 4. The van der Waals surface area contributed by atoms with Gasteiger partial charge in [-0.05, 0) is 25.7 Å². The van der Waals surface area contributed by atoms with Crippen LogP contribution >= 0.6 is 15.6 Å². The van der Waals surface area contributed by atoms with Gasteiger partial charge in [-0.2, -0.15) is 0 Å². The van der Waals surface area contributed by atoms with Crippen molar-refractivity contribution >= 4 is 39.5 Å². The normalized spacial score (nSPS) is 13.7. The second-order valence-electron chi connectivity index (χ2n) is 31.3. The Morgan fingerprint density at radius 1 is 0.226 bits per heavy atom. The van der Waals surface area contributed by atoms with Crippen molar-refractivity contribution in [2.75, 3.05) is 39.6 Å². The number of esters is 4. The quantitative estimate of drug-likeness (QED) is 0.0222. The summed E-state index contributed by atoms with van der Waals surface area (Å²) in [5, 5.41) is 10.7.